The molecular formula is C12H22N2O. The highest BCUT2D eigenvalue weighted by atomic mass is 16.3. The van der Waals surface area contributed by atoms with Gasteiger partial charge in [0.1, 0.15) is 0 Å². The first-order valence-corrected chi connectivity index (χ1v) is 5.64. The van der Waals surface area contributed by atoms with E-state index in [0.717, 1.165) is 25.9 Å². The van der Waals surface area contributed by atoms with E-state index in [-0.39, 0.29) is 0 Å². The molecule has 0 fully saturated rings. The first kappa shape index (κ1) is 12.3. The predicted octanol–water partition coefficient (Wildman–Crippen LogP) is 2.27. The maximum absolute atomic E-state index is 5.13. The number of nitrogens with zero attached hydrogens (tertiary/aromatic N) is 1. The van der Waals surface area contributed by atoms with E-state index in [0.29, 0.717) is 6.04 Å². The third kappa shape index (κ3) is 4.49. The average molecular weight is 210 g/mol. The molecule has 0 aliphatic heterocycles. The lowest BCUT2D eigenvalue weighted by molar-refractivity contribution is 0.360. The summed E-state index contributed by atoms with van der Waals surface area (Å²) in [6.07, 6.45) is 5.86. The summed E-state index contributed by atoms with van der Waals surface area (Å²) in [6.45, 7) is 4.33. The number of furan rings is 1. The highest BCUT2D eigenvalue weighted by Crippen LogP contribution is 2.17. The van der Waals surface area contributed by atoms with Crippen molar-refractivity contribution in [2.24, 2.45) is 0 Å². The number of nitrogens with one attached hydrogen (secondary N) is 1. The van der Waals surface area contributed by atoms with Crippen LogP contribution < -0.4 is 5.32 Å². The van der Waals surface area contributed by atoms with Crippen LogP contribution in [0.3, 0.4) is 0 Å². The van der Waals surface area contributed by atoms with Crippen molar-refractivity contribution in [3.05, 3.63) is 24.2 Å². The maximum atomic E-state index is 5.13. The Balaban J connectivity index is 2.46. The lowest BCUT2D eigenvalue weighted by Gasteiger charge is -2.19. The fourth-order valence-electron chi connectivity index (χ4n) is 1.57. The maximum Gasteiger partial charge on any atom is 0.0950 e. The first-order valence-electron chi connectivity index (χ1n) is 5.64. The van der Waals surface area contributed by atoms with Crippen LogP contribution in [0.2, 0.25) is 0 Å². The summed E-state index contributed by atoms with van der Waals surface area (Å²) in [7, 11) is 4.21. The van der Waals surface area contributed by atoms with Gasteiger partial charge in [0.2, 0.25) is 0 Å². The van der Waals surface area contributed by atoms with E-state index in [9.17, 15) is 0 Å². The smallest absolute Gasteiger partial charge is 0.0950 e. The predicted molar refractivity (Wildman–Crippen MR) is 62.9 cm³/mol. The molecule has 15 heavy (non-hydrogen) atoms. The van der Waals surface area contributed by atoms with Crippen molar-refractivity contribution in [1.29, 1.82) is 0 Å². The van der Waals surface area contributed by atoms with Crippen LogP contribution in [-0.4, -0.2) is 32.1 Å². The summed E-state index contributed by atoms with van der Waals surface area (Å²) in [5, 5.41) is 3.54. The largest absolute Gasteiger partial charge is 0.472 e. The molecule has 1 N–H and O–H groups in total. The number of hydrogen-bond acceptors (Lipinski definition) is 3. The molecule has 0 radical (unpaired) electrons. The molecular weight excluding hydrogens is 188 g/mol. The molecule has 0 aliphatic rings. The highest BCUT2D eigenvalue weighted by molar-refractivity contribution is 5.11. The molecule has 0 aromatic carbocycles. The van der Waals surface area contributed by atoms with Gasteiger partial charge in [-0.05, 0) is 46.1 Å². The van der Waals surface area contributed by atoms with Gasteiger partial charge < -0.3 is 14.6 Å². The van der Waals surface area contributed by atoms with Gasteiger partial charge in [0.05, 0.1) is 12.5 Å². The second kappa shape index (κ2) is 6.64. The quantitative estimate of drug-likeness (QED) is 0.748. The van der Waals surface area contributed by atoms with Gasteiger partial charge in [-0.15, -0.1) is 0 Å². The number of hydrogen-bond donors (Lipinski definition) is 1. The van der Waals surface area contributed by atoms with Crippen LogP contribution in [0.5, 0.6) is 0 Å². The van der Waals surface area contributed by atoms with Gasteiger partial charge in [0.25, 0.3) is 0 Å². The Morgan fingerprint density at radius 3 is 2.80 bits per heavy atom. The molecule has 0 aliphatic carbocycles. The summed E-state index contributed by atoms with van der Waals surface area (Å²) >= 11 is 0. The van der Waals surface area contributed by atoms with E-state index in [1.54, 1.807) is 6.26 Å². The van der Waals surface area contributed by atoms with Gasteiger partial charge in [0, 0.05) is 11.6 Å². The molecule has 0 bridgehead atoms. The molecule has 1 unspecified atom stereocenters. The second-order valence-electron chi connectivity index (χ2n) is 4.16. The molecule has 1 aromatic heterocycles. The highest BCUT2D eigenvalue weighted by Gasteiger charge is 2.11. The van der Waals surface area contributed by atoms with E-state index in [2.05, 4.69) is 31.2 Å². The average Bonchev–Trinajstić information content (AvgIpc) is 2.71. The molecule has 1 heterocycles. The molecule has 0 saturated carbocycles. The fourth-order valence-corrected chi connectivity index (χ4v) is 1.57. The molecule has 3 heteroatoms. The van der Waals surface area contributed by atoms with Crippen molar-refractivity contribution in [1.82, 2.24) is 10.2 Å². The van der Waals surface area contributed by atoms with Gasteiger partial charge in [-0.2, -0.15) is 0 Å². The molecule has 0 amide bonds. The van der Waals surface area contributed by atoms with Crippen molar-refractivity contribution in [2.75, 3.05) is 27.2 Å². The Labute approximate surface area is 92.5 Å². The topological polar surface area (TPSA) is 28.4 Å². The standard InChI is InChI=1S/C12H22N2O/c1-4-7-13-12(5-8-14(2)3)11-6-9-15-10-11/h6,9-10,12-13H,4-5,7-8H2,1-3H3. The molecule has 3 nitrogen and oxygen atoms in total. The first-order chi connectivity index (χ1) is 7.24. The van der Waals surface area contributed by atoms with Crippen LogP contribution in [0.15, 0.2) is 23.0 Å². The second-order valence-corrected chi connectivity index (χ2v) is 4.16. The monoisotopic (exact) mass is 210 g/mol. The van der Waals surface area contributed by atoms with Crippen LogP contribution in [0, 0.1) is 0 Å². The molecule has 0 saturated heterocycles. The zero-order valence-corrected chi connectivity index (χ0v) is 9.99. The minimum atomic E-state index is 0.422. The van der Waals surface area contributed by atoms with Crippen LogP contribution in [0.4, 0.5) is 0 Å². The zero-order chi connectivity index (χ0) is 11.1. The van der Waals surface area contributed by atoms with Crippen LogP contribution in [-0.2, 0) is 0 Å². The lowest BCUT2D eigenvalue weighted by Crippen LogP contribution is -2.26. The Hall–Kier alpha value is -0.800. The van der Waals surface area contributed by atoms with Crippen molar-refractivity contribution in [2.45, 2.75) is 25.8 Å². The van der Waals surface area contributed by atoms with Gasteiger partial charge in [-0.3, -0.25) is 0 Å². The third-order valence-corrected chi connectivity index (χ3v) is 2.45. The van der Waals surface area contributed by atoms with Gasteiger partial charge in [-0.1, -0.05) is 6.92 Å². The molecule has 86 valence electrons. The van der Waals surface area contributed by atoms with Gasteiger partial charge in [-0.25, -0.2) is 0 Å². The van der Waals surface area contributed by atoms with Gasteiger partial charge in [0.15, 0.2) is 0 Å². The Morgan fingerprint density at radius 1 is 1.47 bits per heavy atom. The van der Waals surface area contributed by atoms with Gasteiger partial charge >= 0.3 is 0 Å². The lowest BCUT2D eigenvalue weighted by atomic mass is 10.1. The Bertz CT molecular complexity index is 244. The Morgan fingerprint density at radius 2 is 2.27 bits per heavy atom. The fraction of sp³-hybridized carbons (Fsp3) is 0.667. The third-order valence-electron chi connectivity index (χ3n) is 2.45. The SMILES string of the molecule is CCCNC(CCN(C)C)c1ccoc1. The number of rotatable bonds is 7. The van der Waals surface area contributed by atoms with E-state index in [1.807, 2.05) is 12.3 Å². The van der Waals surface area contributed by atoms with Crippen LogP contribution in [0.25, 0.3) is 0 Å². The summed E-state index contributed by atoms with van der Waals surface area (Å²) in [6, 6.07) is 2.47. The van der Waals surface area contributed by atoms with E-state index < -0.39 is 0 Å². The minimum Gasteiger partial charge on any atom is -0.472 e. The summed E-state index contributed by atoms with van der Waals surface area (Å²) in [4.78, 5) is 2.21. The van der Waals surface area contributed by atoms with Crippen molar-refractivity contribution in [3.8, 4) is 0 Å². The zero-order valence-electron chi connectivity index (χ0n) is 9.99. The molecule has 1 atom stereocenters. The normalized spacial score (nSPS) is 13.3. The van der Waals surface area contributed by atoms with Crippen LogP contribution in [0.1, 0.15) is 31.4 Å². The van der Waals surface area contributed by atoms with E-state index >= 15 is 0 Å². The summed E-state index contributed by atoms with van der Waals surface area (Å²) in [5.41, 5.74) is 1.25. The van der Waals surface area contributed by atoms with Crippen molar-refractivity contribution in [3.63, 3.8) is 0 Å². The Kier molecular flexibility index (Phi) is 5.43. The molecule has 1 rings (SSSR count). The molecule has 0 spiro atoms. The van der Waals surface area contributed by atoms with Crippen molar-refractivity contribution >= 4 is 0 Å². The minimum absolute atomic E-state index is 0.422. The summed E-state index contributed by atoms with van der Waals surface area (Å²) in [5.74, 6) is 0. The van der Waals surface area contributed by atoms with E-state index in [4.69, 9.17) is 4.42 Å². The van der Waals surface area contributed by atoms with E-state index in [1.165, 1.54) is 5.56 Å². The summed E-state index contributed by atoms with van der Waals surface area (Å²) < 4.78 is 5.13. The van der Waals surface area contributed by atoms with Crippen molar-refractivity contribution < 1.29 is 4.42 Å². The molecule has 1 aromatic rings. The van der Waals surface area contributed by atoms with Crippen LogP contribution >= 0.6 is 0 Å².